The molecule has 1 aliphatic carbocycles. The van der Waals surface area contributed by atoms with E-state index in [0.717, 1.165) is 0 Å². The third-order valence-electron chi connectivity index (χ3n) is 4.54. The number of hydrogen-bond acceptors (Lipinski definition) is 6. The van der Waals surface area contributed by atoms with Crippen molar-refractivity contribution in [1.82, 2.24) is 0 Å². The molecule has 122 valence electrons. The molecule has 1 aromatic rings. The maximum Gasteiger partial charge on any atom is 0.192 e. The Balaban J connectivity index is 2.07. The number of allylic oxidation sites excluding steroid dienone is 1. The average Bonchev–Trinajstić information content (AvgIpc) is 2.55. The summed E-state index contributed by atoms with van der Waals surface area (Å²) in [4.78, 5) is 25.3. The van der Waals surface area contributed by atoms with E-state index in [0.29, 0.717) is 5.56 Å². The van der Waals surface area contributed by atoms with Crippen molar-refractivity contribution in [3.8, 4) is 0 Å². The van der Waals surface area contributed by atoms with Crippen molar-refractivity contribution in [2.24, 2.45) is 0 Å². The van der Waals surface area contributed by atoms with Crippen LogP contribution in [0.25, 0.3) is 0 Å². The van der Waals surface area contributed by atoms with Crippen LogP contribution in [0.1, 0.15) is 34.6 Å². The summed E-state index contributed by atoms with van der Waals surface area (Å²) in [5.41, 5.74) is 0.799. The molecule has 0 spiro atoms. The van der Waals surface area contributed by atoms with Crippen molar-refractivity contribution in [1.29, 1.82) is 0 Å². The average molecular weight is 318 g/mol. The molecular formula is C17H18O6. The lowest BCUT2D eigenvalue weighted by Gasteiger charge is -2.41. The Labute approximate surface area is 133 Å². The Hall–Kier alpha value is -1.86. The second kappa shape index (κ2) is 5.65. The Kier molecular flexibility index (Phi) is 3.93. The largest absolute Gasteiger partial charge is 0.388 e. The second-order valence-corrected chi connectivity index (χ2v) is 5.98. The van der Waals surface area contributed by atoms with Crippen LogP contribution in [-0.2, 0) is 4.74 Å². The fourth-order valence-electron chi connectivity index (χ4n) is 3.15. The first-order valence-corrected chi connectivity index (χ1v) is 7.43. The highest BCUT2D eigenvalue weighted by atomic mass is 16.5. The van der Waals surface area contributed by atoms with Crippen LogP contribution in [-0.4, -0.2) is 57.4 Å². The molecule has 1 unspecified atom stereocenters. The zero-order chi connectivity index (χ0) is 16.9. The van der Waals surface area contributed by atoms with Gasteiger partial charge in [-0.05, 0) is 13.8 Å². The molecule has 6 nitrogen and oxygen atoms in total. The van der Waals surface area contributed by atoms with Gasteiger partial charge in [-0.15, -0.1) is 0 Å². The molecule has 0 aromatic heterocycles. The highest BCUT2D eigenvalue weighted by Crippen LogP contribution is 2.34. The molecule has 1 aromatic carbocycles. The van der Waals surface area contributed by atoms with Gasteiger partial charge in [0.05, 0.1) is 6.10 Å². The van der Waals surface area contributed by atoms with E-state index in [1.54, 1.807) is 24.3 Å². The van der Waals surface area contributed by atoms with E-state index in [2.05, 4.69) is 0 Å². The molecule has 23 heavy (non-hydrogen) atoms. The summed E-state index contributed by atoms with van der Waals surface area (Å²) >= 11 is 0. The standard InChI is InChI=1S/C17H18O6/c1-7-11(17-16(22)15(21)13(19)8(2)23-17)14(20)10-6-4-3-5-9(10)12(7)18/h3-6,8,13,15-17,19,21-22H,1-2H3/t8-,13-,15+,16+,17?/m0/s1. The minimum absolute atomic E-state index is 0.0407. The lowest BCUT2D eigenvalue weighted by atomic mass is 9.79. The van der Waals surface area contributed by atoms with E-state index in [1.807, 2.05) is 0 Å². The van der Waals surface area contributed by atoms with Crippen molar-refractivity contribution in [3.05, 3.63) is 46.5 Å². The Morgan fingerprint density at radius 2 is 1.48 bits per heavy atom. The van der Waals surface area contributed by atoms with E-state index in [4.69, 9.17) is 4.74 Å². The van der Waals surface area contributed by atoms with Crippen LogP contribution in [0.4, 0.5) is 0 Å². The van der Waals surface area contributed by atoms with Gasteiger partial charge in [0.25, 0.3) is 0 Å². The quantitative estimate of drug-likeness (QED) is 0.686. The summed E-state index contributed by atoms with van der Waals surface area (Å²) in [6, 6.07) is 6.46. The predicted molar refractivity (Wildman–Crippen MR) is 80.2 cm³/mol. The topological polar surface area (TPSA) is 104 Å². The molecule has 1 saturated heterocycles. The van der Waals surface area contributed by atoms with Gasteiger partial charge in [0.2, 0.25) is 0 Å². The maximum atomic E-state index is 12.8. The third-order valence-corrected chi connectivity index (χ3v) is 4.54. The van der Waals surface area contributed by atoms with Crippen molar-refractivity contribution < 1.29 is 29.6 Å². The highest BCUT2D eigenvalue weighted by Gasteiger charge is 2.47. The molecule has 0 radical (unpaired) electrons. The smallest absolute Gasteiger partial charge is 0.192 e. The zero-order valence-electron chi connectivity index (χ0n) is 12.8. The van der Waals surface area contributed by atoms with Crippen molar-refractivity contribution in [2.45, 2.75) is 44.4 Å². The summed E-state index contributed by atoms with van der Waals surface area (Å²) in [7, 11) is 0. The first-order chi connectivity index (χ1) is 10.8. The minimum Gasteiger partial charge on any atom is -0.388 e. The first kappa shape index (κ1) is 16.0. The second-order valence-electron chi connectivity index (χ2n) is 5.98. The molecule has 6 heteroatoms. The molecule has 3 rings (SSSR count). The van der Waals surface area contributed by atoms with Crippen LogP contribution in [0.15, 0.2) is 35.4 Å². The molecule has 2 aliphatic rings. The molecule has 1 aliphatic heterocycles. The summed E-state index contributed by atoms with van der Waals surface area (Å²) < 4.78 is 5.53. The SMILES string of the molecule is CC1=C(C2O[C@@H](C)[C@H](O)[C@@H](O)[C@H]2O)C(=O)c2ccccc2C1=O. The highest BCUT2D eigenvalue weighted by molar-refractivity contribution is 6.27. The van der Waals surface area contributed by atoms with Gasteiger partial charge in [-0.3, -0.25) is 9.59 Å². The van der Waals surface area contributed by atoms with Gasteiger partial charge in [-0.2, -0.15) is 0 Å². The molecule has 1 heterocycles. The molecule has 0 saturated carbocycles. The Bertz CT molecular complexity index is 707. The van der Waals surface area contributed by atoms with Crippen LogP contribution in [0, 0.1) is 0 Å². The molecule has 0 amide bonds. The number of ether oxygens (including phenoxy) is 1. The summed E-state index contributed by atoms with van der Waals surface area (Å²) in [5, 5.41) is 29.9. The fraction of sp³-hybridized carbons (Fsp3) is 0.412. The predicted octanol–water partition coefficient (Wildman–Crippen LogP) is 0.252. The van der Waals surface area contributed by atoms with Gasteiger partial charge in [-0.25, -0.2) is 0 Å². The molecule has 5 atom stereocenters. The van der Waals surface area contributed by atoms with Crippen LogP contribution in [0.3, 0.4) is 0 Å². The summed E-state index contributed by atoms with van der Waals surface area (Å²) in [6.45, 7) is 3.04. The number of aliphatic hydroxyl groups excluding tert-OH is 3. The first-order valence-electron chi connectivity index (χ1n) is 7.43. The van der Waals surface area contributed by atoms with Gasteiger partial charge in [-0.1, -0.05) is 24.3 Å². The number of carbonyl (C=O) groups excluding carboxylic acids is 2. The van der Waals surface area contributed by atoms with Gasteiger partial charge in [0, 0.05) is 22.3 Å². The van der Waals surface area contributed by atoms with Crippen molar-refractivity contribution in [3.63, 3.8) is 0 Å². The van der Waals surface area contributed by atoms with Gasteiger partial charge in [0.1, 0.15) is 24.4 Å². The number of aliphatic hydroxyl groups is 3. The lowest BCUT2D eigenvalue weighted by molar-refractivity contribution is -0.206. The number of rotatable bonds is 1. The Morgan fingerprint density at radius 3 is 2.09 bits per heavy atom. The maximum absolute atomic E-state index is 12.8. The molecule has 3 N–H and O–H groups in total. The van der Waals surface area contributed by atoms with E-state index in [1.165, 1.54) is 13.8 Å². The third kappa shape index (κ3) is 2.35. The van der Waals surface area contributed by atoms with Crippen LogP contribution >= 0.6 is 0 Å². The fourth-order valence-corrected chi connectivity index (χ4v) is 3.15. The minimum atomic E-state index is -1.49. The van der Waals surface area contributed by atoms with E-state index in [9.17, 15) is 24.9 Å². The van der Waals surface area contributed by atoms with Crippen LogP contribution < -0.4 is 0 Å². The normalized spacial score (nSPS) is 34.6. The van der Waals surface area contributed by atoms with Gasteiger partial charge in [0.15, 0.2) is 11.6 Å². The van der Waals surface area contributed by atoms with Gasteiger partial charge < -0.3 is 20.1 Å². The van der Waals surface area contributed by atoms with E-state index in [-0.39, 0.29) is 22.5 Å². The van der Waals surface area contributed by atoms with Gasteiger partial charge >= 0.3 is 0 Å². The number of fused-ring (bicyclic) bond motifs is 1. The van der Waals surface area contributed by atoms with Crippen molar-refractivity contribution in [2.75, 3.05) is 0 Å². The monoisotopic (exact) mass is 318 g/mol. The molecular weight excluding hydrogens is 300 g/mol. The summed E-state index contributed by atoms with van der Waals surface area (Å²) in [5.74, 6) is -0.711. The van der Waals surface area contributed by atoms with Crippen LogP contribution in [0.2, 0.25) is 0 Å². The summed E-state index contributed by atoms with van der Waals surface area (Å²) in [6.07, 6.45) is -6.15. The molecule has 0 bridgehead atoms. The number of benzene rings is 1. The number of carbonyl (C=O) groups is 2. The lowest BCUT2D eigenvalue weighted by Crippen LogP contribution is -2.58. The van der Waals surface area contributed by atoms with Crippen LogP contribution in [0.5, 0.6) is 0 Å². The van der Waals surface area contributed by atoms with E-state index >= 15 is 0 Å². The zero-order valence-corrected chi connectivity index (χ0v) is 12.8. The molecule has 1 fully saturated rings. The van der Waals surface area contributed by atoms with E-state index < -0.39 is 36.3 Å². The Morgan fingerprint density at radius 1 is 0.913 bits per heavy atom. The number of ketones is 2. The number of Topliss-reactive ketones (excluding diaryl/α,β-unsaturated/α-hetero) is 2. The number of hydrogen-bond donors (Lipinski definition) is 3. The van der Waals surface area contributed by atoms with Crippen molar-refractivity contribution >= 4 is 11.6 Å².